The van der Waals surface area contributed by atoms with Gasteiger partial charge in [-0.25, -0.2) is 0 Å². The Hall–Kier alpha value is -1.91. The average Bonchev–Trinajstić information content (AvgIpc) is 3.09. The van der Waals surface area contributed by atoms with E-state index < -0.39 is 0 Å². The number of benzene rings is 1. The number of nitrogens with zero attached hydrogens (tertiary/aromatic N) is 1. The third kappa shape index (κ3) is 4.70. The average molecular weight is 423 g/mol. The van der Waals surface area contributed by atoms with E-state index >= 15 is 0 Å². The van der Waals surface area contributed by atoms with Gasteiger partial charge in [0.25, 0.3) is 0 Å². The maximum atomic E-state index is 12.8. The molecule has 0 spiro atoms. The first-order chi connectivity index (χ1) is 14.7. The van der Waals surface area contributed by atoms with Crippen LogP contribution in [-0.2, 0) is 17.6 Å². The number of carbonyl (C=O) groups is 1. The molecule has 1 aromatic carbocycles. The lowest BCUT2D eigenvalue weighted by molar-refractivity contribution is -0.122. The molecule has 1 atom stereocenters. The fourth-order valence-electron chi connectivity index (χ4n) is 5.06. The highest BCUT2D eigenvalue weighted by Gasteiger charge is 2.33. The topological polar surface area (TPSA) is 32.3 Å². The van der Waals surface area contributed by atoms with E-state index in [2.05, 4.69) is 60.5 Å². The number of hydrogen-bond acceptors (Lipinski definition) is 3. The van der Waals surface area contributed by atoms with E-state index in [1.807, 2.05) is 11.3 Å². The van der Waals surface area contributed by atoms with E-state index in [-0.39, 0.29) is 11.9 Å². The monoisotopic (exact) mass is 422 g/mol. The first-order valence-electron chi connectivity index (χ1n) is 11.5. The van der Waals surface area contributed by atoms with Crippen molar-refractivity contribution in [3.63, 3.8) is 0 Å². The first-order valence-corrected chi connectivity index (χ1v) is 12.3. The van der Waals surface area contributed by atoms with E-state index in [1.54, 1.807) is 0 Å². The first kappa shape index (κ1) is 21.3. The molecule has 2 aromatic rings. The molecule has 0 radical (unpaired) electrons. The highest BCUT2D eigenvalue weighted by atomic mass is 32.1. The fraction of sp³-hybridized carbons (Fsp3) is 0.500. The number of nitrogens with one attached hydrogen (secondary N) is 1. The molecule has 1 aromatic heterocycles. The van der Waals surface area contributed by atoms with Gasteiger partial charge in [-0.2, -0.15) is 0 Å². The zero-order valence-electron chi connectivity index (χ0n) is 18.4. The highest BCUT2D eigenvalue weighted by molar-refractivity contribution is 7.12. The molecular weight excluding hydrogens is 388 g/mol. The summed E-state index contributed by atoms with van der Waals surface area (Å²) < 4.78 is 0. The molecule has 1 N–H and O–H groups in total. The quantitative estimate of drug-likeness (QED) is 0.591. The molecule has 2 heterocycles. The highest BCUT2D eigenvalue weighted by Crippen LogP contribution is 2.42. The van der Waals surface area contributed by atoms with Gasteiger partial charge in [-0.15, -0.1) is 11.3 Å². The molecule has 0 saturated heterocycles. The van der Waals surface area contributed by atoms with E-state index in [1.165, 1.54) is 57.7 Å². The summed E-state index contributed by atoms with van der Waals surface area (Å²) in [5, 5.41) is 3.18. The number of allylic oxidation sites excluding steroid dienone is 1. The van der Waals surface area contributed by atoms with E-state index in [0.29, 0.717) is 6.54 Å². The lowest BCUT2D eigenvalue weighted by atomic mass is 9.91. The number of aryl methyl sites for hydroxylation is 1. The van der Waals surface area contributed by atoms with Gasteiger partial charge in [0, 0.05) is 22.8 Å². The standard InChI is InChI=1S/C26H34N2OS/c1-3-22-19(2)30-26-23(22)15-17-28(25(26)21-12-8-5-9-13-21)18-24(29)27-16-14-20-10-6-4-7-11-20/h5,8-10,12-13,25H,3-4,6-7,11,14-18H2,1-2H3,(H,27,29)/t25-/m0/s1. The number of hydrogen-bond donors (Lipinski definition) is 1. The molecule has 1 aliphatic heterocycles. The van der Waals surface area contributed by atoms with Crippen molar-refractivity contribution in [2.45, 2.75) is 64.8 Å². The summed E-state index contributed by atoms with van der Waals surface area (Å²) in [6.07, 6.45) is 10.5. The Morgan fingerprint density at radius 1 is 1.20 bits per heavy atom. The van der Waals surface area contributed by atoms with Crippen molar-refractivity contribution in [1.29, 1.82) is 0 Å². The summed E-state index contributed by atoms with van der Waals surface area (Å²) in [4.78, 5) is 18.1. The zero-order chi connectivity index (χ0) is 20.9. The third-order valence-corrected chi connectivity index (χ3v) is 7.82. The molecule has 0 bridgehead atoms. The minimum atomic E-state index is 0.153. The van der Waals surface area contributed by atoms with Crippen molar-refractivity contribution in [3.8, 4) is 0 Å². The largest absolute Gasteiger partial charge is 0.355 e. The normalized spacial score (nSPS) is 19.3. The molecule has 2 aliphatic rings. The predicted octanol–water partition coefficient (Wildman–Crippen LogP) is 5.57. The van der Waals surface area contributed by atoms with Gasteiger partial charge in [-0.05, 0) is 68.6 Å². The number of fused-ring (bicyclic) bond motifs is 1. The van der Waals surface area contributed by atoms with Gasteiger partial charge in [0.15, 0.2) is 0 Å². The van der Waals surface area contributed by atoms with Crippen LogP contribution in [0.2, 0.25) is 0 Å². The second-order valence-electron chi connectivity index (χ2n) is 8.57. The molecule has 4 heteroatoms. The minimum absolute atomic E-state index is 0.153. The molecule has 30 heavy (non-hydrogen) atoms. The van der Waals surface area contributed by atoms with Crippen molar-refractivity contribution in [2.75, 3.05) is 19.6 Å². The maximum Gasteiger partial charge on any atom is 0.234 e. The van der Waals surface area contributed by atoms with Crippen LogP contribution in [0.3, 0.4) is 0 Å². The maximum absolute atomic E-state index is 12.8. The van der Waals surface area contributed by atoms with Gasteiger partial charge >= 0.3 is 0 Å². The molecule has 4 rings (SSSR count). The zero-order valence-corrected chi connectivity index (χ0v) is 19.2. The Morgan fingerprint density at radius 2 is 2.03 bits per heavy atom. The van der Waals surface area contributed by atoms with Crippen LogP contribution in [-0.4, -0.2) is 30.4 Å². The van der Waals surface area contributed by atoms with Crippen LogP contribution in [0.25, 0.3) is 0 Å². The molecule has 0 unspecified atom stereocenters. The second-order valence-corrected chi connectivity index (χ2v) is 9.83. The lowest BCUT2D eigenvalue weighted by Crippen LogP contribution is -2.43. The van der Waals surface area contributed by atoms with Crippen LogP contribution in [0.15, 0.2) is 42.0 Å². The molecule has 1 aliphatic carbocycles. The minimum Gasteiger partial charge on any atom is -0.355 e. The summed E-state index contributed by atoms with van der Waals surface area (Å²) in [5.74, 6) is 0.153. The Balaban J connectivity index is 1.47. The summed E-state index contributed by atoms with van der Waals surface area (Å²) in [5.41, 5.74) is 5.88. The van der Waals surface area contributed by atoms with Crippen LogP contribution >= 0.6 is 11.3 Å². The molecular formula is C26H34N2OS. The summed E-state index contributed by atoms with van der Waals surface area (Å²) >= 11 is 1.93. The Kier molecular flexibility index (Phi) is 7.06. The van der Waals surface area contributed by atoms with Crippen molar-refractivity contribution >= 4 is 17.2 Å². The van der Waals surface area contributed by atoms with Crippen LogP contribution in [0.4, 0.5) is 0 Å². The molecule has 160 valence electrons. The summed E-state index contributed by atoms with van der Waals surface area (Å²) in [7, 11) is 0. The van der Waals surface area contributed by atoms with E-state index in [9.17, 15) is 4.79 Å². The Bertz CT molecular complexity index is 899. The van der Waals surface area contributed by atoms with Crippen molar-refractivity contribution in [1.82, 2.24) is 10.2 Å². The number of thiophene rings is 1. The van der Waals surface area contributed by atoms with Gasteiger partial charge in [-0.1, -0.05) is 48.9 Å². The van der Waals surface area contributed by atoms with Gasteiger partial charge in [-0.3, -0.25) is 9.69 Å². The van der Waals surface area contributed by atoms with E-state index in [0.717, 1.165) is 32.4 Å². The van der Waals surface area contributed by atoms with Gasteiger partial charge in [0.1, 0.15) is 0 Å². The van der Waals surface area contributed by atoms with Crippen LogP contribution in [0.1, 0.15) is 71.5 Å². The predicted molar refractivity (Wildman–Crippen MR) is 126 cm³/mol. The van der Waals surface area contributed by atoms with E-state index in [4.69, 9.17) is 0 Å². The molecule has 0 fully saturated rings. The number of amides is 1. The van der Waals surface area contributed by atoms with Crippen molar-refractivity contribution in [3.05, 3.63) is 68.4 Å². The van der Waals surface area contributed by atoms with Crippen LogP contribution < -0.4 is 5.32 Å². The molecule has 0 saturated carbocycles. The number of carbonyl (C=O) groups excluding carboxylic acids is 1. The van der Waals surface area contributed by atoms with Gasteiger partial charge in [0.05, 0.1) is 12.6 Å². The van der Waals surface area contributed by atoms with Crippen molar-refractivity contribution < 1.29 is 4.79 Å². The Labute approximate surface area is 185 Å². The fourth-order valence-corrected chi connectivity index (χ4v) is 6.53. The van der Waals surface area contributed by atoms with Crippen LogP contribution in [0.5, 0.6) is 0 Å². The molecule has 1 amide bonds. The second kappa shape index (κ2) is 9.93. The lowest BCUT2D eigenvalue weighted by Gasteiger charge is -2.36. The third-order valence-electron chi connectivity index (χ3n) is 6.58. The van der Waals surface area contributed by atoms with Crippen molar-refractivity contribution in [2.24, 2.45) is 0 Å². The molecule has 3 nitrogen and oxygen atoms in total. The SMILES string of the molecule is CCc1c(C)sc2c1CCN(CC(=O)NCCC1=CCCCC1)[C@H]2c1ccccc1. The Morgan fingerprint density at radius 3 is 2.77 bits per heavy atom. The smallest absolute Gasteiger partial charge is 0.234 e. The van der Waals surface area contributed by atoms with Crippen LogP contribution in [0, 0.1) is 6.92 Å². The van der Waals surface area contributed by atoms with Gasteiger partial charge < -0.3 is 5.32 Å². The summed E-state index contributed by atoms with van der Waals surface area (Å²) in [6, 6.07) is 10.9. The number of rotatable bonds is 7. The van der Waals surface area contributed by atoms with Gasteiger partial charge in [0.2, 0.25) is 5.91 Å². The summed E-state index contributed by atoms with van der Waals surface area (Å²) in [6.45, 7) is 6.68.